The van der Waals surface area contributed by atoms with Gasteiger partial charge in [-0.3, -0.25) is 4.79 Å². The van der Waals surface area contributed by atoms with Gasteiger partial charge in [-0.15, -0.1) is 22.9 Å². The summed E-state index contributed by atoms with van der Waals surface area (Å²) in [6, 6.07) is 0. The fraction of sp³-hybridized carbons (Fsp3) is 0.600. The fourth-order valence-corrected chi connectivity index (χ4v) is 3.91. The van der Waals surface area contributed by atoms with Crippen LogP contribution < -0.4 is 0 Å². The molecule has 0 atom stereocenters. The first kappa shape index (κ1) is 13.8. The third kappa shape index (κ3) is 3.43. The van der Waals surface area contributed by atoms with E-state index in [-0.39, 0.29) is 36.9 Å². The molecule has 2 heterocycles. The maximum Gasteiger partial charge on any atom is 0.229 e. The molecule has 0 spiro atoms. The maximum atomic E-state index is 11.9. The maximum absolute atomic E-state index is 11.9. The minimum Gasteiger partial charge on any atom is -0.340 e. The van der Waals surface area contributed by atoms with E-state index in [1.165, 1.54) is 11.3 Å². The van der Waals surface area contributed by atoms with Gasteiger partial charge in [-0.05, 0) is 0 Å². The molecule has 1 fully saturated rings. The largest absolute Gasteiger partial charge is 0.340 e. The van der Waals surface area contributed by atoms with E-state index in [2.05, 4.69) is 4.98 Å². The van der Waals surface area contributed by atoms with Crippen LogP contribution in [0.4, 0.5) is 0 Å². The normalized spacial score (nSPS) is 18.8. The number of rotatable bonds is 3. The van der Waals surface area contributed by atoms with E-state index in [9.17, 15) is 13.2 Å². The molecule has 0 saturated carbocycles. The van der Waals surface area contributed by atoms with E-state index < -0.39 is 9.84 Å². The van der Waals surface area contributed by atoms with E-state index >= 15 is 0 Å². The number of nitrogens with zero attached hydrogens (tertiary/aromatic N) is 2. The van der Waals surface area contributed by atoms with Gasteiger partial charge in [0, 0.05) is 18.5 Å². The lowest BCUT2D eigenvalue weighted by atomic mass is 10.3. The van der Waals surface area contributed by atoms with Crippen molar-refractivity contribution in [2.45, 2.75) is 12.3 Å². The average Bonchev–Trinajstić information content (AvgIpc) is 2.76. The van der Waals surface area contributed by atoms with E-state index in [4.69, 9.17) is 11.6 Å². The molecular weight excluding hydrogens is 296 g/mol. The minimum atomic E-state index is -2.95. The van der Waals surface area contributed by atoms with Crippen molar-refractivity contribution in [1.29, 1.82) is 0 Å². The van der Waals surface area contributed by atoms with Gasteiger partial charge in [-0.25, -0.2) is 13.4 Å². The Balaban J connectivity index is 1.92. The molecule has 0 bridgehead atoms. The van der Waals surface area contributed by atoms with Crippen molar-refractivity contribution in [3.05, 3.63) is 16.1 Å². The summed E-state index contributed by atoms with van der Waals surface area (Å²) < 4.78 is 22.5. The van der Waals surface area contributed by atoms with Crippen LogP contribution in [0.3, 0.4) is 0 Å². The molecule has 1 aliphatic rings. The smallest absolute Gasteiger partial charge is 0.229 e. The van der Waals surface area contributed by atoms with Crippen molar-refractivity contribution in [3.8, 4) is 0 Å². The monoisotopic (exact) mass is 308 g/mol. The van der Waals surface area contributed by atoms with Crippen LogP contribution in [0, 0.1) is 0 Å². The number of carbonyl (C=O) groups excluding carboxylic acids is 1. The second-order valence-corrected chi connectivity index (χ2v) is 7.59. The van der Waals surface area contributed by atoms with Crippen molar-refractivity contribution in [1.82, 2.24) is 9.88 Å². The number of alkyl halides is 1. The van der Waals surface area contributed by atoms with Gasteiger partial charge in [0.25, 0.3) is 0 Å². The van der Waals surface area contributed by atoms with Gasteiger partial charge >= 0.3 is 0 Å². The average molecular weight is 309 g/mol. The number of sulfone groups is 1. The number of thiazole rings is 1. The molecule has 1 aliphatic heterocycles. The number of amides is 1. The van der Waals surface area contributed by atoms with Crippen LogP contribution in [0.25, 0.3) is 0 Å². The van der Waals surface area contributed by atoms with Gasteiger partial charge < -0.3 is 4.90 Å². The highest BCUT2D eigenvalue weighted by molar-refractivity contribution is 7.91. The molecule has 2 rings (SSSR count). The number of carbonyl (C=O) groups is 1. The lowest BCUT2D eigenvalue weighted by Crippen LogP contribution is -2.44. The molecule has 0 radical (unpaired) electrons. The SMILES string of the molecule is O=C(Cc1nc(CCl)cs1)N1CCS(=O)(=O)CC1. The van der Waals surface area contributed by atoms with E-state index in [0.29, 0.717) is 5.88 Å². The standard InChI is InChI=1S/C10H13ClN2O3S2/c11-6-8-7-17-9(12-8)5-10(14)13-1-3-18(15,16)4-2-13/h7H,1-6H2. The highest BCUT2D eigenvalue weighted by Gasteiger charge is 2.25. The van der Waals surface area contributed by atoms with Crippen LogP contribution in [-0.2, 0) is 26.9 Å². The van der Waals surface area contributed by atoms with Crippen LogP contribution >= 0.6 is 22.9 Å². The van der Waals surface area contributed by atoms with Gasteiger partial charge in [0.15, 0.2) is 9.84 Å². The van der Waals surface area contributed by atoms with Crippen LogP contribution in [0.2, 0.25) is 0 Å². The van der Waals surface area contributed by atoms with Crippen molar-refractivity contribution < 1.29 is 13.2 Å². The molecule has 0 unspecified atom stereocenters. The van der Waals surface area contributed by atoms with Gasteiger partial charge in [-0.2, -0.15) is 0 Å². The Hall–Kier alpha value is -0.660. The molecule has 100 valence electrons. The van der Waals surface area contributed by atoms with E-state index in [1.54, 1.807) is 4.90 Å². The Morgan fingerprint density at radius 3 is 2.67 bits per heavy atom. The summed E-state index contributed by atoms with van der Waals surface area (Å²) in [5, 5.41) is 2.56. The molecule has 1 amide bonds. The van der Waals surface area contributed by atoms with Crippen LogP contribution in [0.1, 0.15) is 10.7 Å². The molecule has 1 aromatic rings. The molecule has 18 heavy (non-hydrogen) atoms. The highest BCUT2D eigenvalue weighted by atomic mass is 35.5. The van der Waals surface area contributed by atoms with Gasteiger partial charge in [0.2, 0.25) is 5.91 Å². The predicted octanol–water partition coefficient (Wildman–Crippen LogP) is 0.681. The number of halogens is 1. The Morgan fingerprint density at radius 2 is 2.11 bits per heavy atom. The molecule has 0 N–H and O–H groups in total. The summed E-state index contributed by atoms with van der Waals surface area (Å²) in [6.07, 6.45) is 0.224. The zero-order chi connectivity index (χ0) is 13.2. The summed E-state index contributed by atoms with van der Waals surface area (Å²) in [6.45, 7) is 0.573. The first-order chi connectivity index (χ1) is 8.50. The van der Waals surface area contributed by atoms with Crippen molar-refractivity contribution in [2.75, 3.05) is 24.6 Å². The zero-order valence-corrected chi connectivity index (χ0v) is 12.0. The molecule has 0 aromatic carbocycles. The summed E-state index contributed by atoms with van der Waals surface area (Å²) >= 11 is 7.04. The van der Waals surface area contributed by atoms with E-state index in [0.717, 1.165) is 10.7 Å². The van der Waals surface area contributed by atoms with Gasteiger partial charge in [0.05, 0.1) is 29.5 Å². The second kappa shape index (κ2) is 5.54. The highest BCUT2D eigenvalue weighted by Crippen LogP contribution is 2.14. The molecule has 1 saturated heterocycles. The second-order valence-electron chi connectivity index (χ2n) is 4.08. The van der Waals surface area contributed by atoms with Crippen LogP contribution in [0.5, 0.6) is 0 Å². The van der Waals surface area contributed by atoms with Crippen LogP contribution in [0.15, 0.2) is 5.38 Å². The topological polar surface area (TPSA) is 67.3 Å². The Morgan fingerprint density at radius 1 is 1.44 bits per heavy atom. The Labute approximate surface area is 115 Å². The first-order valence-corrected chi connectivity index (χ1v) is 8.71. The first-order valence-electron chi connectivity index (χ1n) is 5.47. The predicted molar refractivity (Wildman–Crippen MR) is 70.6 cm³/mol. The van der Waals surface area contributed by atoms with Crippen molar-refractivity contribution in [3.63, 3.8) is 0 Å². The molecule has 1 aromatic heterocycles. The summed E-state index contributed by atoms with van der Waals surface area (Å²) in [7, 11) is -2.95. The summed E-state index contributed by atoms with van der Waals surface area (Å²) in [4.78, 5) is 17.7. The third-order valence-electron chi connectivity index (χ3n) is 2.74. The number of aromatic nitrogens is 1. The summed E-state index contributed by atoms with van der Waals surface area (Å²) in [5.74, 6) is 0.389. The van der Waals surface area contributed by atoms with Gasteiger partial charge in [0.1, 0.15) is 5.01 Å². The quantitative estimate of drug-likeness (QED) is 0.770. The summed E-state index contributed by atoms with van der Waals surface area (Å²) in [5.41, 5.74) is 0.769. The lowest BCUT2D eigenvalue weighted by molar-refractivity contribution is -0.130. The number of hydrogen-bond acceptors (Lipinski definition) is 5. The fourth-order valence-electron chi connectivity index (χ4n) is 1.69. The zero-order valence-electron chi connectivity index (χ0n) is 9.63. The van der Waals surface area contributed by atoms with Gasteiger partial charge in [-0.1, -0.05) is 0 Å². The lowest BCUT2D eigenvalue weighted by Gasteiger charge is -2.26. The molecule has 5 nitrogen and oxygen atoms in total. The van der Waals surface area contributed by atoms with Crippen LogP contribution in [-0.4, -0.2) is 48.8 Å². The third-order valence-corrected chi connectivity index (χ3v) is 5.52. The Kier molecular flexibility index (Phi) is 4.24. The molecule has 8 heteroatoms. The van der Waals surface area contributed by atoms with Crippen molar-refractivity contribution in [2.24, 2.45) is 0 Å². The molecule has 0 aliphatic carbocycles. The van der Waals surface area contributed by atoms with E-state index in [1.807, 2.05) is 5.38 Å². The molecular formula is C10H13ClN2O3S2. The van der Waals surface area contributed by atoms with Crippen molar-refractivity contribution >= 4 is 38.7 Å². The minimum absolute atomic E-state index is 0.0591. The Bertz CT molecular complexity index is 527. The number of hydrogen-bond donors (Lipinski definition) is 0.